The molecule has 0 bridgehead atoms. The smallest absolute Gasteiger partial charge is 0.306 e. The van der Waals surface area contributed by atoms with E-state index < -0.39 is 6.10 Å². The maximum atomic E-state index is 12.9. The lowest BCUT2D eigenvalue weighted by Gasteiger charge is -2.18. The lowest BCUT2D eigenvalue weighted by atomic mass is 10.1. The average molecular weight is 978 g/mol. The van der Waals surface area contributed by atoms with Gasteiger partial charge in [-0.15, -0.1) is 0 Å². The topological polar surface area (TPSA) is 78.9 Å². The summed E-state index contributed by atoms with van der Waals surface area (Å²) in [4.78, 5) is 38.2. The van der Waals surface area contributed by atoms with Crippen molar-refractivity contribution < 1.29 is 28.6 Å². The summed E-state index contributed by atoms with van der Waals surface area (Å²) >= 11 is 0. The van der Waals surface area contributed by atoms with E-state index in [9.17, 15) is 14.4 Å². The second-order valence-electron chi connectivity index (χ2n) is 19.9. The quantitative estimate of drug-likeness (QED) is 0.0261. The van der Waals surface area contributed by atoms with Gasteiger partial charge >= 0.3 is 17.9 Å². The van der Waals surface area contributed by atoms with E-state index in [0.29, 0.717) is 19.3 Å². The normalized spacial score (nSPS) is 12.6. The monoisotopic (exact) mass is 977 g/mol. The van der Waals surface area contributed by atoms with Crippen LogP contribution in [0.25, 0.3) is 0 Å². The fourth-order valence-electron chi connectivity index (χ4n) is 8.34. The highest BCUT2D eigenvalue weighted by Gasteiger charge is 2.19. The number of esters is 3. The van der Waals surface area contributed by atoms with Gasteiger partial charge in [-0.3, -0.25) is 14.4 Å². The van der Waals surface area contributed by atoms with Gasteiger partial charge in [0.1, 0.15) is 13.2 Å². The molecule has 0 radical (unpaired) electrons. The van der Waals surface area contributed by atoms with Crippen LogP contribution in [0.4, 0.5) is 0 Å². The zero-order valence-corrected chi connectivity index (χ0v) is 46.3. The van der Waals surface area contributed by atoms with Gasteiger partial charge in [-0.25, -0.2) is 0 Å². The second-order valence-corrected chi connectivity index (χ2v) is 19.9. The van der Waals surface area contributed by atoms with Crippen LogP contribution in [0.2, 0.25) is 0 Å². The molecule has 0 unspecified atom stereocenters. The molecule has 0 aromatic carbocycles. The molecular formula is C64H112O6. The minimum absolute atomic E-state index is 0.0831. The van der Waals surface area contributed by atoms with Crippen LogP contribution in [-0.4, -0.2) is 37.2 Å². The molecule has 0 aliphatic rings. The molecule has 6 heteroatoms. The summed E-state index contributed by atoms with van der Waals surface area (Å²) in [5, 5.41) is 0. The highest BCUT2D eigenvalue weighted by atomic mass is 16.6. The van der Waals surface area contributed by atoms with Gasteiger partial charge in [0.2, 0.25) is 0 Å². The third-order valence-corrected chi connectivity index (χ3v) is 12.9. The third kappa shape index (κ3) is 55.8. The molecule has 0 saturated carbocycles. The first kappa shape index (κ1) is 66.9. The molecule has 0 aliphatic carbocycles. The van der Waals surface area contributed by atoms with Crippen LogP contribution < -0.4 is 0 Å². The van der Waals surface area contributed by atoms with E-state index in [2.05, 4.69) is 93.7 Å². The number of unbranched alkanes of at least 4 members (excludes halogenated alkanes) is 31. The number of carbonyl (C=O) groups is 3. The van der Waals surface area contributed by atoms with Crippen molar-refractivity contribution in [3.63, 3.8) is 0 Å². The zero-order chi connectivity index (χ0) is 50.7. The minimum atomic E-state index is -0.786. The van der Waals surface area contributed by atoms with Crippen LogP contribution in [0.1, 0.15) is 297 Å². The van der Waals surface area contributed by atoms with Crippen LogP contribution in [0.5, 0.6) is 0 Å². The first-order valence-corrected chi connectivity index (χ1v) is 29.9. The molecule has 1 atom stereocenters. The molecule has 0 aliphatic heterocycles. The van der Waals surface area contributed by atoms with Crippen LogP contribution in [-0.2, 0) is 28.6 Å². The Morgan fingerprint density at radius 2 is 0.529 bits per heavy atom. The van der Waals surface area contributed by atoms with Gasteiger partial charge < -0.3 is 14.2 Å². The second kappa shape index (κ2) is 58.4. The number of hydrogen-bond acceptors (Lipinski definition) is 6. The van der Waals surface area contributed by atoms with E-state index in [0.717, 1.165) is 89.9 Å². The zero-order valence-electron chi connectivity index (χ0n) is 46.3. The van der Waals surface area contributed by atoms with E-state index in [-0.39, 0.29) is 31.1 Å². The van der Waals surface area contributed by atoms with Gasteiger partial charge in [0.15, 0.2) is 6.10 Å². The summed E-state index contributed by atoms with van der Waals surface area (Å²) in [6.45, 7) is 6.56. The van der Waals surface area contributed by atoms with Gasteiger partial charge in [0.25, 0.3) is 0 Å². The number of allylic oxidation sites excluding steroid dienone is 12. The first-order valence-electron chi connectivity index (χ1n) is 29.9. The van der Waals surface area contributed by atoms with Crippen LogP contribution >= 0.6 is 0 Å². The largest absolute Gasteiger partial charge is 0.462 e. The van der Waals surface area contributed by atoms with Crippen molar-refractivity contribution in [2.75, 3.05) is 13.2 Å². The molecule has 404 valence electrons. The Kier molecular flexibility index (Phi) is 55.8. The lowest BCUT2D eigenvalue weighted by molar-refractivity contribution is -0.167. The lowest BCUT2D eigenvalue weighted by Crippen LogP contribution is -2.30. The first-order chi connectivity index (χ1) is 34.5. The molecule has 0 aromatic heterocycles. The third-order valence-electron chi connectivity index (χ3n) is 12.9. The molecule has 0 aromatic rings. The van der Waals surface area contributed by atoms with Crippen molar-refractivity contribution in [3.8, 4) is 0 Å². The Bertz CT molecular complexity index is 1310. The molecule has 0 amide bonds. The highest BCUT2D eigenvalue weighted by molar-refractivity contribution is 5.71. The number of ether oxygens (including phenoxy) is 3. The molecular weight excluding hydrogens is 865 g/mol. The number of hydrogen-bond donors (Lipinski definition) is 0. The van der Waals surface area contributed by atoms with Crippen molar-refractivity contribution in [2.45, 2.75) is 303 Å². The van der Waals surface area contributed by atoms with Gasteiger partial charge in [0.05, 0.1) is 0 Å². The molecule has 0 fully saturated rings. The van der Waals surface area contributed by atoms with Crippen LogP contribution in [0.15, 0.2) is 72.9 Å². The Morgan fingerprint density at radius 3 is 0.829 bits per heavy atom. The molecule has 0 rings (SSSR count). The van der Waals surface area contributed by atoms with Crippen LogP contribution in [0.3, 0.4) is 0 Å². The highest BCUT2D eigenvalue weighted by Crippen LogP contribution is 2.15. The molecule has 6 nitrogen and oxygen atoms in total. The van der Waals surface area contributed by atoms with Crippen molar-refractivity contribution >= 4 is 17.9 Å². The summed E-state index contributed by atoms with van der Waals surface area (Å²) in [6.07, 6.45) is 74.6. The predicted molar refractivity (Wildman–Crippen MR) is 302 cm³/mol. The van der Waals surface area contributed by atoms with Crippen molar-refractivity contribution in [1.82, 2.24) is 0 Å². The van der Waals surface area contributed by atoms with E-state index >= 15 is 0 Å². The van der Waals surface area contributed by atoms with Gasteiger partial charge in [-0.2, -0.15) is 0 Å². The van der Waals surface area contributed by atoms with E-state index in [4.69, 9.17) is 14.2 Å². The predicted octanol–water partition coefficient (Wildman–Crippen LogP) is 20.2. The summed E-state index contributed by atoms with van der Waals surface area (Å²) in [6, 6.07) is 0. The van der Waals surface area contributed by atoms with Gasteiger partial charge in [0, 0.05) is 19.3 Å². The van der Waals surface area contributed by atoms with Gasteiger partial charge in [-0.05, 0) is 109 Å². The molecule has 0 saturated heterocycles. The Morgan fingerprint density at radius 1 is 0.286 bits per heavy atom. The molecule has 0 N–H and O–H groups in total. The fraction of sp³-hybridized carbons (Fsp3) is 0.766. The van der Waals surface area contributed by atoms with Crippen molar-refractivity contribution in [1.29, 1.82) is 0 Å². The SMILES string of the molecule is CCCC/C=C/C/C=C/CCCCCCCC(=O)OC[C@H](COC(=O)CCCCCCCCCCC/C=C/C/C=C/CCCCC)OC(=O)CCCCCCCCCCC/C=C/C/C=C/CCCCC. The Labute approximate surface area is 433 Å². The number of rotatable bonds is 54. The number of carbonyl (C=O) groups excluding carboxylic acids is 3. The fourth-order valence-corrected chi connectivity index (χ4v) is 8.34. The van der Waals surface area contributed by atoms with Gasteiger partial charge in [-0.1, -0.05) is 241 Å². The molecule has 70 heavy (non-hydrogen) atoms. The van der Waals surface area contributed by atoms with Crippen molar-refractivity contribution in [3.05, 3.63) is 72.9 Å². The maximum absolute atomic E-state index is 12.9. The van der Waals surface area contributed by atoms with E-state index in [1.54, 1.807) is 0 Å². The summed E-state index contributed by atoms with van der Waals surface area (Å²) in [5.74, 6) is -0.895. The Balaban J connectivity index is 4.38. The maximum Gasteiger partial charge on any atom is 0.306 e. The van der Waals surface area contributed by atoms with Crippen LogP contribution in [0, 0.1) is 0 Å². The Hall–Kier alpha value is -3.15. The molecule has 0 spiro atoms. The average Bonchev–Trinajstić information content (AvgIpc) is 3.36. The summed E-state index contributed by atoms with van der Waals surface area (Å²) in [7, 11) is 0. The molecule has 0 heterocycles. The van der Waals surface area contributed by atoms with E-state index in [1.165, 1.54) is 167 Å². The van der Waals surface area contributed by atoms with Crippen molar-refractivity contribution in [2.24, 2.45) is 0 Å². The minimum Gasteiger partial charge on any atom is -0.462 e. The summed E-state index contributed by atoms with van der Waals surface area (Å²) in [5.41, 5.74) is 0. The van der Waals surface area contributed by atoms with E-state index in [1.807, 2.05) is 0 Å². The summed E-state index contributed by atoms with van der Waals surface area (Å²) < 4.78 is 16.9. The standard InChI is InChI=1S/C64H112O6/c1-4-7-10-13-16-19-22-25-28-30-32-34-36-39-42-45-48-51-54-57-63(66)69-60-61(59-68-62(65)56-53-50-47-44-41-38-27-24-21-18-15-12-9-6-3)70-64(67)58-55-52-49-46-43-40-37-35-33-31-29-26-23-20-17-14-11-8-5-2/h15-20,24-29,61H,4-14,21-23,30-60H2,1-3H3/b18-15+,19-16+,20-17+,27-24+,28-25+,29-26+/t61-/m1/s1.